The Bertz CT molecular complexity index is 1100. The highest BCUT2D eigenvalue weighted by molar-refractivity contribution is 7.89. The zero-order valence-corrected chi connectivity index (χ0v) is 16.7. The molecular weight excluding hydrogens is 390 g/mol. The number of fused-ring (bicyclic) bond motifs is 1. The maximum atomic E-state index is 13.3. The number of hydrogen-bond donors (Lipinski definition) is 1. The minimum Gasteiger partial charge on any atom is -0.480 e. The molecule has 7 heteroatoms. The van der Waals surface area contributed by atoms with Crippen LogP contribution in [0.1, 0.15) is 24.0 Å². The van der Waals surface area contributed by atoms with Gasteiger partial charge in [-0.2, -0.15) is 4.31 Å². The van der Waals surface area contributed by atoms with Crippen molar-refractivity contribution in [2.24, 2.45) is 5.92 Å². The summed E-state index contributed by atoms with van der Waals surface area (Å²) in [4.78, 5) is 24.7. The number of carbonyl (C=O) groups is 2. The molecule has 1 aliphatic carbocycles. The molecule has 4 rings (SSSR count). The average Bonchev–Trinajstić information content (AvgIpc) is 3.02. The van der Waals surface area contributed by atoms with Gasteiger partial charge in [0.05, 0.1) is 4.90 Å². The number of Topliss-reactive ketones (excluding diaryl/α,β-unsaturated/α-hetero) is 1. The molecule has 1 saturated heterocycles. The van der Waals surface area contributed by atoms with Crippen LogP contribution in [0.3, 0.4) is 0 Å². The Morgan fingerprint density at radius 2 is 1.72 bits per heavy atom. The van der Waals surface area contributed by atoms with Gasteiger partial charge in [-0.3, -0.25) is 9.59 Å². The zero-order valence-electron chi connectivity index (χ0n) is 15.9. The first-order valence-electron chi connectivity index (χ1n) is 9.42. The third-order valence-corrected chi connectivity index (χ3v) is 7.55. The third-order valence-electron chi connectivity index (χ3n) is 5.68. The van der Waals surface area contributed by atoms with E-state index in [9.17, 15) is 23.1 Å². The second kappa shape index (κ2) is 7.24. The molecule has 2 aliphatic rings. The van der Waals surface area contributed by atoms with E-state index in [1.165, 1.54) is 12.1 Å². The van der Waals surface area contributed by atoms with Crippen molar-refractivity contribution in [3.8, 4) is 0 Å². The van der Waals surface area contributed by atoms with Crippen molar-refractivity contribution in [1.29, 1.82) is 0 Å². The van der Waals surface area contributed by atoms with E-state index >= 15 is 0 Å². The SMILES string of the molecule is Cc1ccc(S(=O)(=O)N2CC3=C(c4ccccc4)C(=O)C[C@H]3C[C@@H]2C(=O)O)cc1. The van der Waals surface area contributed by atoms with E-state index in [0.29, 0.717) is 5.57 Å². The molecule has 1 fully saturated rings. The number of carboxylic acids is 1. The van der Waals surface area contributed by atoms with Crippen molar-refractivity contribution in [3.05, 3.63) is 71.3 Å². The fourth-order valence-electron chi connectivity index (χ4n) is 4.20. The van der Waals surface area contributed by atoms with Gasteiger partial charge in [0.2, 0.25) is 10.0 Å². The number of aliphatic carboxylic acids is 1. The van der Waals surface area contributed by atoms with Crippen molar-refractivity contribution >= 4 is 27.3 Å². The summed E-state index contributed by atoms with van der Waals surface area (Å²) in [6, 6.07) is 14.3. The predicted molar refractivity (Wildman–Crippen MR) is 108 cm³/mol. The first kappa shape index (κ1) is 19.5. The molecule has 150 valence electrons. The predicted octanol–water partition coefficient (Wildman–Crippen LogP) is 2.89. The van der Waals surface area contributed by atoms with Crippen molar-refractivity contribution in [1.82, 2.24) is 4.31 Å². The highest BCUT2D eigenvalue weighted by atomic mass is 32.2. The molecule has 0 aromatic heterocycles. The lowest BCUT2D eigenvalue weighted by Gasteiger charge is -2.36. The van der Waals surface area contributed by atoms with Crippen LogP contribution in [0.25, 0.3) is 5.57 Å². The van der Waals surface area contributed by atoms with Gasteiger partial charge >= 0.3 is 5.97 Å². The van der Waals surface area contributed by atoms with E-state index in [1.807, 2.05) is 37.3 Å². The molecule has 1 heterocycles. The van der Waals surface area contributed by atoms with Gasteiger partial charge in [-0.15, -0.1) is 0 Å². The molecular formula is C22H21NO5S. The molecule has 0 bridgehead atoms. The largest absolute Gasteiger partial charge is 0.480 e. The summed E-state index contributed by atoms with van der Waals surface area (Å²) in [6.45, 7) is 1.76. The number of piperidine rings is 1. The van der Waals surface area contributed by atoms with E-state index in [4.69, 9.17) is 0 Å². The van der Waals surface area contributed by atoms with Gasteiger partial charge in [0.25, 0.3) is 0 Å². The van der Waals surface area contributed by atoms with Crippen molar-refractivity contribution in [2.45, 2.75) is 30.7 Å². The summed E-state index contributed by atoms with van der Waals surface area (Å²) in [5.41, 5.74) is 2.90. The number of allylic oxidation sites excluding steroid dienone is 1. The van der Waals surface area contributed by atoms with Gasteiger partial charge in [-0.25, -0.2) is 8.42 Å². The Labute approximate surface area is 169 Å². The lowest BCUT2D eigenvalue weighted by molar-refractivity contribution is -0.142. The Hall–Kier alpha value is -2.77. The molecule has 6 nitrogen and oxygen atoms in total. The highest BCUT2D eigenvalue weighted by Crippen LogP contribution is 2.43. The van der Waals surface area contributed by atoms with Crippen molar-refractivity contribution < 1.29 is 23.1 Å². The second-order valence-electron chi connectivity index (χ2n) is 7.54. The summed E-state index contributed by atoms with van der Waals surface area (Å²) < 4.78 is 27.6. The molecule has 0 amide bonds. The number of ketones is 1. The maximum absolute atomic E-state index is 13.3. The second-order valence-corrected chi connectivity index (χ2v) is 9.43. The monoisotopic (exact) mass is 411 g/mol. The standard InChI is InChI=1S/C22H21NO5S/c1-14-7-9-17(10-8-14)29(27,28)23-13-18-16(11-19(23)22(25)26)12-20(24)21(18)15-5-3-2-4-6-15/h2-10,16,19H,11-13H2,1H3,(H,25,26)/t16-,19-/m1/s1. The number of sulfonamides is 1. The summed E-state index contributed by atoms with van der Waals surface area (Å²) in [6.07, 6.45) is 0.319. The smallest absolute Gasteiger partial charge is 0.322 e. The van der Waals surface area contributed by atoms with Crippen LogP contribution in [0.5, 0.6) is 0 Å². The van der Waals surface area contributed by atoms with Gasteiger partial charge in [-0.1, -0.05) is 48.0 Å². The number of rotatable bonds is 4. The van der Waals surface area contributed by atoms with Gasteiger partial charge < -0.3 is 5.11 Å². The summed E-state index contributed by atoms with van der Waals surface area (Å²) >= 11 is 0. The first-order chi connectivity index (χ1) is 13.8. The van der Waals surface area contributed by atoms with Crippen LogP contribution in [0.2, 0.25) is 0 Å². The molecule has 1 aliphatic heterocycles. The van der Waals surface area contributed by atoms with Gasteiger partial charge in [0, 0.05) is 18.5 Å². The van der Waals surface area contributed by atoms with Crippen LogP contribution < -0.4 is 0 Å². The van der Waals surface area contributed by atoms with E-state index in [0.717, 1.165) is 21.0 Å². The molecule has 0 spiro atoms. The number of aryl methyl sites for hydroxylation is 1. The number of hydrogen-bond acceptors (Lipinski definition) is 4. The summed E-state index contributed by atoms with van der Waals surface area (Å²) in [5, 5.41) is 9.72. The normalized spacial score (nSPS) is 22.6. The Kier molecular flexibility index (Phi) is 4.88. The van der Waals surface area contributed by atoms with E-state index in [-0.39, 0.29) is 36.0 Å². The maximum Gasteiger partial charge on any atom is 0.322 e. The molecule has 29 heavy (non-hydrogen) atoms. The fraction of sp³-hybridized carbons (Fsp3) is 0.273. The van der Waals surface area contributed by atoms with Crippen molar-refractivity contribution in [3.63, 3.8) is 0 Å². The van der Waals surface area contributed by atoms with E-state index in [2.05, 4.69) is 0 Å². The number of benzene rings is 2. The lowest BCUT2D eigenvalue weighted by atomic mass is 9.88. The zero-order chi connectivity index (χ0) is 20.8. The minimum atomic E-state index is -4.03. The topological polar surface area (TPSA) is 91.8 Å². The first-order valence-corrected chi connectivity index (χ1v) is 10.9. The number of nitrogens with zero attached hydrogens (tertiary/aromatic N) is 1. The van der Waals surface area contributed by atoms with Crippen LogP contribution in [-0.2, 0) is 19.6 Å². The van der Waals surface area contributed by atoms with Gasteiger partial charge in [0.15, 0.2) is 5.78 Å². The van der Waals surface area contributed by atoms with Gasteiger partial charge in [0.1, 0.15) is 6.04 Å². The Morgan fingerprint density at radius 3 is 2.34 bits per heavy atom. The molecule has 0 saturated carbocycles. The fourth-order valence-corrected chi connectivity index (χ4v) is 5.78. The van der Waals surface area contributed by atoms with Gasteiger partial charge in [-0.05, 0) is 42.5 Å². The Morgan fingerprint density at radius 1 is 1.07 bits per heavy atom. The van der Waals surface area contributed by atoms with Crippen LogP contribution in [0.4, 0.5) is 0 Å². The van der Waals surface area contributed by atoms with E-state index in [1.54, 1.807) is 12.1 Å². The van der Waals surface area contributed by atoms with E-state index < -0.39 is 22.0 Å². The molecule has 0 radical (unpaired) electrons. The summed E-state index contributed by atoms with van der Waals surface area (Å²) in [5.74, 6) is -1.50. The molecule has 2 atom stereocenters. The third kappa shape index (κ3) is 3.41. The number of carboxylic acid groups (broad SMARTS) is 1. The average molecular weight is 411 g/mol. The molecule has 0 unspecified atom stereocenters. The summed E-state index contributed by atoms with van der Waals surface area (Å²) in [7, 11) is -4.03. The highest BCUT2D eigenvalue weighted by Gasteiger charge is 2.47. The Balaban J connectivity index is 1.81. The molecule has 2 aromatic carbocycles. The molecule has 1 N–H and O–H groups in total. The van der Waals surface area contributed by atoms with Crippen LogP contribution in [-0.4, -0.2) is 42.2 Å². The van der Waals surface area contributed by atoms with Crippen LogP contribution in [0.15, 0.2) is 65.1 Å². The minimum absolute atomic E-state index is 0.0546. The number of carbonyl (C=O) groups excluding carboxylic acids is 1. The van der Waals surface area contributed by atoms with Crippen molar-refractivity contribution in [2.75, 3.05) is 6.54 Å². The molecule has 2 aromatic rings. The van der Waals surface area contributed by atoms with Crippen LogP contribution >= 0.6 is 0 Å². The van der Waals surface area contributed by atoms with Crippen LogP contribution in [0, 0.1) is 12.8 Å². The quantitative estimate of drug-likeness (QED) is 0.835. The lowest BCUT2D eigenvalue weighted by Crippen LogP contribution is -2.50.